The molecule has 0 saturated carbocycles. The number of nitrogens with zero attached hydrogens (tertiary/aromatic N) is 8. The van der Waals surface area contributed by atoms with Gasteiger partial charge in [-0.15, -0.1) is 11.3 Å². The van der Waals surface area contributed by atoms with Gasteiger partial charge in [-0.25, -0.2) is 39.9 Å². The van der Waals surface area contributed by atoms with Crippen molar-refractivity contribution in [3.8, 4) is 147 Å². The van der Waals surface area contributed by atoms with E-state index in [2.05, 4.69) is 322 Å². The maximum atomic E-state index is 7.67. The third-order valence-corrected chi connectivity index (χ3v) is 28.5. The molecule has 8 heterocycles. The summed E-state index contributed by atoms with van der Waals surface area (Å²) in [4.78, 5) is 43.7. The van der Waals surface area contributed by atoms with E-state index in [1.807, 2.05) is 78.9 Å². The summed E-state index contributed by atoms with van der Waals surface area (Å²) < 4.78 is 23.8. The van der Waals surface area contributed by atoms with E-state index in [0.29, 0.717) is 34.9 Å². The SMILES string of the molecule is c1ccc(-c2nc(-c3ccc4nc(-c5ccccc5)c5ccc6c(c5c4c3)Oc3ccccc3C63c4ccccc4-c4ccccc43)nc(-c3cccc4c3sc3cc(-c5ccc6c(c5)C5(c7ccccc7Oc7c5ccc5c(-c8ccccc8)nc8ccc(-c9nc(-c%10ccccc%10)nc(-c%10cccc%11oc%12ccccc%12c%10%11)n9)cc8c75)c5ccccc5-6)ccc34)n2)cc1. The van der Waals surface area contributed by atoms with Gasteiger partial charge in [0.05, 0.1) is 33.3 Å². The molecule has 0 N–H and O–H groups in total. The predicted octanol–water partition coefficient (Wildman–Crippen LogP) is 29.7. The molecular weight excluding hydrogens is 1610 g/mol. The van der Waals surface area contributed by atoms with E-state index in [1.54, 1.807) is 11.3 Å². The number of benzene rings is 18. The normalized spacial score (nSPS) is 14.1. The molecule has 0 radical (unpaired) electrons. The van der Waals surface area contributed by atoms with Gasteiger partial charge in [0.2, 0.25) is 0 Å². The number of thiophene rings is 1. The molecule has 0 fully saturated rings. The highest BCUT2D eigenvalue weighted by Gasteiger charge is 2.54. The minimum atomic E-state index is -0.866. The number of fused-ring (bicyclic) bond motifs is 32. The zero-order chi connectivity index (χ0) is 85.0. The van der Waals surface area contributed by atoms with Crippen molar-refractivity contribution in [2.24, 2.45) is 0 Å². The highest BCUT2D eigenvalue weighted by Crippen LogP contribution is 2.67. The first-order chi connectivity index (χ1) is 64.4. The molecule has 2 aliphatic heterocycles. The van der Waals surface area contributed by atoms with Gasteiger partial charge >= 0.3 is 0 Å². The van der Waals surface area contributed by atoms with Crippen molar-refractivity contribution in [3.63, 3.8) is 0 Å². The lowest BCUT2D eigenvalue weighted by molar-refractivity contribution is 0.442. The second kappa shape index (κ2) is 27.7. The van der Waals surface area contributed by atoms with Crippen LogP contribution in [0.5, 0.6) is 23.0 Å². The van der Waals surface area contributed by atoms with Crippen molar-refractivity contribution in [1.29, 1.82) is 0 Å². The van der Waals surface area contributed by atoms with Crippen LogP contribution in [0.3, 0.4) is 0 Å². The maximum absolute atomic E-state index is 7.67. The molecule has 130 heavy (non-hydrogen) atoms. The summed E-state index contributed by atoms with van der Waals surface area (Å²) in [7, 11) is 0. The average molecular weight is 1680 g/mol. The molecule has 1 unspecified atom stereocenters. The van der Waals surface area contributed by atoms with Crippen LogP contribution in [-0.4, -0.2) is 39.9 Å². The maximum Gasteiger partial charge on any atom is 0.165 e. The fourth-order valence-corrected chi connectivity index (χ4v) is 23.0. The van der Waals surface area contributed by atoms with Gasteiger partial charge in [-0.2, -0.15) is 0 Å². The molecule has 24 aromatic rings. The first kappa shape index (κ1) is 72.3. The summed E-state index contributed by atoms with van der Waals surface area (Å²) in [5.74, 6) is 6.40. The summed E-state index contributed by atoms with van der Waals surface area (Å²) in [6.45, 7) is 0. The molecule has 2 aliphatic carbocycles. The first-order valence-corrected chi connectivity index (χ1v) is 44.6. The highest BCUT2D eigenvalue weighted by atomic mass is 32.1. The molecule has 28 rings (SSSR count). The zero-order valence-electron chi connectivity index (χ0n) is 69.3. The number of pyridine rings is 2. The monoisotopic (exact) mass is 1670 g/mol. The predicted molar refractivity (Wildman–Crippen MR) is 523 cm³/mol. The Morgan fingerprint density at radius 3 is 1.15 bits per heavy atom. The van der Waals surface area contributed by atoms with Crippen LogP contribution in [-0.2, 0) is 10.8 Å². The first-order valence-electron chi connectivity index (χ1n) is 43.8. The summed E-state index contributed by atoms with van der Waals surface area (Å²) >= 11 is 1.77. The van der Waals surface area contributed by atoms with Crippen molar-refractivity contribution in [1.82, 2.24) is 39.9 Å². The number of hydrogen-bond donors (Lipinski definition) is 0. The largest absolute Gasteiger partial charge is 0.456 e. The van der Waals surface area contributed by atoms with Crippen LogP contribution in [0.1, 0.15) is 44.5 Å². The fraction of sp³-hybridized carbons (Fsp3) is 0.0169. The number of para-hydroxylation sites is 3. The molecule has 1 atom stereocenters. The Morgan fingerprint density at radius 2 is 0.600 bits per heavy atom. The number of hydrogen-bond acceptors (Lipinski definition) is 12. The van der Waals surface area contributed by atoms with Crippen molar-refractivity contribution in [3.05, 3.63) is 445 Å². The lowest BCUT2D eigenvalue weighted by atomic mass is 9.65. The van der Waals surface area contributed by atoms with E-state index >= 15 is 0 Å². The molecule has 4 aliphatic rings. The average Bonchev–Trinajstić information content (AvgIpc) is 1.58. The molecule has 11 nitrogen and oxygen atoms in total. The Balaban J connectivity index is 0.602. The summed E-state index contributed by atoms with van der Waals surface area (Å²) in [6.07, 6.45) is 0. The van der Waals surface area contributed by atoms with E-state index in [1.165, 1.54) is 33.4 Å². The van der Waals surface area contributed by atoms with Gasteiger partial charge in [0.15, 0.2) is 34.9 Å². The van der Waals surface area contributed by atoms with Crippen LogP contribution in [0, 0.1) is 0 Å². The summed E-state index contributed by atoms with van der Waals surface area (Å²) in [5.41, 5.74) is 26.4. The van der Waals surface area contributed by atoms with Gasteiger partial charge in [-0.3, -0.25) is 0 Å². The van der Waals surface area contributed by atoms with Crippen molar-refractivity contribution >= 4 is 96.8 Å². The van der Waals surface area contributed by atoms with Crippen LogP contribution in [0.2, 0.25) is 0 Å². The lowest BCUT2D eigenvalue weighted by Crippen LogP contribution is -2.32. The van der Waals surface area contributed by atoms with Crippen molar-refractivity contribution in [2.75, 3.05) is 0 Å². The summed E-state index contributed by atoms with van der Waals surface area (Å²) in [5, 5.41) is 9.82. The standard InChI is InChI=1S/C118H66N8O3S/c1-5-27-67(28-6-1)106-82-57-59-93-108(128-99-48-23-20-45-91(99)117(93)88-42-17-13-35-75(88)76-36-14-18-43-89(76)117)104(82)86-64-74(54-62-96(86)119-106)114-122-112(70-33-11-4-12-34-70)124-116(126-114)85-41-25-39-80-79-56-52-72(66-102(79)130-110(80)85)71-51-55-78-77-37-15-19-44-90(77)118(95(78)65-71)92-46-21-24-49-100(92)129-109-94(118)60-58-83-105(109)87-63-73(53-61-97(87)120-107(83)68-29-7-2-8-30-68)113-121-111(69-31-9-3-10-32-69)123-115(125-113)84-40-26-50-101-103(84)81-38-16-22-47-98(81)127-101/h1-66H. The Bertz CT molecular complexity index is 8980. The van der Waals surface area contributed by atoms with Gasteiger partial charge in [-0.1, -0.05) is 322 Å². The Hall–Kier alpha value is -17.1. The van der Waals surface area contributed by atoms with Crippen LogP contribution in [0.15, 0.2) is 405 Å². The molecule has 12 heteroatoms. The number of aromatic nitrogens is 8. The molecule has 0 amide bonds. The molecule has 0 saturated heterocycles. The summed E-state index contributed by atoms with van der Waals surface area (Å²) in [6, 6.07) is 142. The van der Waals surface area contributed by atoms with E-state index in [-0.39, 0.29) is 0 Å². The number of rotatable bonds is 9. The topological polar surface area (TPSA) is 135 Å². The lowest BCUT2D eigenvalue weighted by Gasteiger charge is -2.40. The Morgan fingerprint density at radius 1 is 0.208 bits per heavy atom. The van der Waals surface area contributed by atoms with Gasteiger partial charge in [0.25, 0.3) is 0 Å². The number of ether oxygens (including phenoxy) is 2. The second-order valence-corrected chi connectivity index (χ2v) is 35.1. The second-order valence-electron chi connectivity index (χ2n) is 34.1. The van der Waals surface area contributed by atoms with Crippen LogP contribution in [0.4, 0.5) is 0 Å². The minimum Gasteiger partial charge on any atom is -0.456 e. The van der Waals surface area contributed by atoms with Crippen molar-refractivity contribution < 1.29 is 13.9 Å². The van der Waals surface area contributed by atoms with E-state index in [4.69, 9.17) is 53.8 Å². The van der Waals surface area contributed by atoms with Gasteiger partial charge in [0.1, 0.15) is 34.2 Å². The van der Waals surface area contributed by atoms with E-state index < -0.39 is 10.8 Å². The molecule has 6 aromatic heterocycles. The third-order valence-electron chi connectivity index (χ3n) is 27.3. The molecular formula is C118H66N8O3S. The minimum absolute atomic E-state index is 0.514. The molecule has 602 valence electrons. The quantitative estimate of drug-likeness (QED) is 0.128. The van der Waals surface area contributed by atoms with Crippen LogP contribution < -0.4 is 9.47 Å². The fourth-order valence-electron chi connectivity index (χ4n) is 21.7. The van der Waals surface area contributed by atoms with Gasteiger partial charge in [-0.05, 0) is 134 Å². The van der Waals surface area contributed by atoms with Crippen LogP contribution in [0.25, 0.3) is 210 Å². The Labute approximate surface area is 748 Å². The van der Waals surface area contributed by atoms with E-state index in [0.717, 1.165) is 209 Å². The molecule has 2 spiro atoms. The van der Waals surface area contributed by atoms with Crippen LogP contribution >= 0.6 is 11.3 Å². The molecule has 18 aromatic carbocycles. The van der Waals surface area contributed by atoms with Gasteiger partial charge < -0.3 is 13.9 Å². The highest BCUT2D eigenvalue weighted by molar-refractivity contribution is 7.26. The third kappa shape index (κ3) is 10.4. The zero-order valence-corrected chi connectivity index (χ0v) is 70.1. The van der Waals surface area contributed by atoms with E-state index in [9.17, 15) is 0 Å². The van der Waals surface area contributed by atoms with Crippen molar-refractivity contribution in [2.45, 2.75) is 10.8 Å². The Kier molecular flexibility index (Phi) is 15.4. The number of furan rings is 1. The smallest absolute Gasteiger partial charge is 0.165 e. The van der Waals surface area contributed by atoms with Gasteiger partial charge in [0, 0.05) is 130 Å². The molecule has 0 bridgehead atoms.